The number of carbonyl (C=O) groups excluding carboxylic acids is 1. The van der Waals surface area contributed by atoms with Crippen LogP contribution in [0.5, 0.6) is 5.75 Å². The SMILES string of the molecule is Cc1ccccc1C(C)NC(=O)c1nn(-c2ccccc2)cc1O. The quantitative estimate of drug-likeness (QED) is 0.774. The summed E-state index contributed by atoms with van der Waals surface area (Å²) in [5, 5.41) is 17.1. The van der Waals surface area contributed by atoms with Crippen molar-refractivity contribution >= 4 is 5.91 Å². The molecule has 0 aliphatic heterocycles. The number of hydrogen-bond acceptors (Lipinski definition) is 3. The Morgan fingerprint density at radius 1 is 1.12 bits per heavy atom. The molecule has 1 unspecified atom stereocenters. The van der Waals surface area contributed by atoms with Crippen molar-refractivity contribution in [1.29, 1.82) is 0 Å². The molecule has 0 bridgehead atoms. The largest absolute Gasteiger partial charge is 0.504 e. The highest BCUT2D eigenvalue weighted by atomic mass is 16.3. The van der Waals surface area contributed by atoms with Gasteiger partial charge in [-0.05, 0) is 37.1 Å². The molecule has 2 N–H and O–H groups in total. The molecular formula is C19H19N3O2. The monoisotopic (exact) mass is 321 g/mol. The van der Waals surface area contributed by atoms with Crippen LogP contribution in [-0.4, -0.2) is 20.8 Å². The average Bonchev–Trinajstić information content (AvgIpc) is 2.98. The van der Waals surface area contributed by atoms with Crippen LogP contribution in [0.15, 0.2) is 60.8 Å². The fourth-order valence-electron chi connectivity index (χ4n) is 2.65. The van der Waals surface area contributed by atoms with Crippen molar-refractivity contribution in [2.75, 3.05) is 0 Å². The lowest BCUT2D eigenvalue weighted by Crippen LogP contribution is -2.27. The summed E-state index contributed by atoms with van der Waals surface area (Å²) in [5.41, 5.74) is 2.93. The maximum Gasteiger partial charge on any atom is 0.276 e. The molecule has 122 valence electrons. The maximum atomic E-state index is 12.5. The molecule has 3 aromatic rings. The Morgan fingerprint density at radius 2 is 1.79 bits per heavy atom. The number of aromatic nitrogens is 2. The molecule has 0 fully saturated rings. The summed E-state index contributed by atoms with van der Waals surface area (Å²) in [6, 6.07) is 17.0. The summed E-state index contributed by atoms with van der Waals surface area (Å²) in [6.45, 7) is 3.91. The number of carbonyl (C=O) groups is 1. The molecule has 1 atom stereocenters. The molecule has 5 heteroatoms. The van der Waals surface area contributed by atoms with E-state index < -0.39 is 5.91 Å². The first-order valence-electron chi connectivity index (χ1n) is 7.76. The fraction of sp³-hybridized carbons (Fsp3) is 0.158. The third-order valence-corrected chi connectivity index (χ3v) is 3.93. The van der Waals surface area contributed by atoms with E-state index in [9.17, 15) is 9.90 Å². The number of nitrogens with zero attached hydrogens (tertiary/aromatic N) is 2. The Morgan fingerprint density at radius 3 is 2.50 bits per heavy atom. The van der Waals surface area contributed by atoms with E-state index in [1.165, 1.54) is 10.9 Å². The van der Waals surface area contributed by atoms with Crippen LogP contribution in [0, 0.1) is 6.92 Å². The minimum atomic E-state index is -0.405. The van der Waals surface area contributed by atoms with Gasteiger partial charge in [0.15, 0.2) is 11.4 Å². The summed E-state index contributed by atoms with van der Waals surface area (Å²) in [4.78, 5) is 12.5. The van der Waals surface area contributed by atoms with Crippen LogP contribution in [0.25, 0.3) is 5.69 Å². The highest BCUT2D eigenvalue weighted by Crippen LogP contribution is 2.21. The van der Waals surface area contributed by atoms with Gasteiger partial charge >= 0.3 is 0 Å². The second-order valence-electron chi connectivity index (χ2n) is 5.69. The van der Waals surface area contributed by atoms with Gasteiger partial charge < -0.3 is 10.4 Å². The van der Waals surface area contributed by atoms with Crippen molar-refractivity contribution in [3.8, 4) is 11.4 Å². The molecule has 0 spiro atoms. The molecule has 1 heterocycles. The van der Waals surface area contributed by atoms with Crippen molar-refractivity contribution in [1.82, 2.24) is 15.1 Å². The smallest absolute Gasteiger partial charge is 0.276 e. The van der Waals surface area contributed by atoms with Gasteiger partial charge in [0, 0.05) is 0 Å². The number of benzene rings is 2. The van der Waals surface area contributed by atoms with Gasteiger partial charge in [0.25, 0.3) is 5.91 Å². The lowest BCUT2D eigenvalue weighted by atomic mass is 10.0. The second kappa shape index (κ2) is 6.58. The summed E-state index contributed by atoms with van der Waals surface area (Å²) >= 11 is 0. The molecule has 2 aromatic carbocycles. The van der Waals surface area contributed by atoms with Crippen LogP contribution in [0.1, 0.15) is 34.6 Å². The lowest BCUT2D eigenvalue weighted by Gasteiger charge is -2.15. The second-order valence-corrected chi connectivity index (χ2v) is 5.69. The van der Waals surface area contributed by atoms with Gasteiger partial charge in [-0.25, -0.2) is 4.68 Å². The predicted molar refractivity (Wildman–Crippen MR) is 92.3 cm³/mol. The zero-order valence-corrected chi connectivity index (χ0v) is 13.6. The van der Waals surface area contributed by atoms with E-state index in [0.29, 0.717) is 0 Å². The molecular weight excluding hydrogens is 302 g/mol. The highest BCUT2D eigenvalue weighted by molar-refractivity contribution is 5.95. The molecule has 24 heavy (non-hydrogen) atoms. The Hall–Kier alpha value is -3.08. The number of rotatable bonds is 4. The van der Waals surface area contributed by atoms with Crippen molar-refractivity contribution in [3.05, 3.63) is 77.6 Å². The van der Waals surface area contributed by atoms with Gasteiger partial charge in [0.05, 0.1) is 17.9 Å². The van der Waals surface area contributed by atoms with Crippen LogP contribution in [0.3, 0.4) is 0 Å². The number of hydrogen-bond donors (Lipinski definition) is 2. The first-order chi connectivity index (χ1) is 11.6. The Bertz CT molecular complexity index is 856. The van der Waals surface area contributed by atoms with Crippen molar-refractivity contribution in [3.63, 3.8) is 0 Å². The number of aromatic hydroxyl groups is 1. The maximum absolute atomic E-state index is 12.5. The topological polar surface area (TPSA) is 67.2 Å². The number of aryl methyl sites for hydroxylation is 1. The zero-order chi connectivity index (χ0) is 17.1. The number of para-hydroxylation sites is 1. The van der Waals surface area contributed by atoms with E-state index in [1.54, 1.807) is 0 Å². The van der Waals surface area contributed by atoms with Gasteiger partial charge in [0.1, 0.15) is 0 Å². The standard InChI is InChI=1S/C19H19N3O2/c1-13-8-6-7-11-16(13)14(2)20-19(24)18-17(23)12-22(21-18)15-9-4-3-5-10-15/h3-12,14,23H,1-2H3,(H,20,24). The molecule has 5 nitrogen and oxygen atoms in total. The van der Waals surface area contributed by atoms with Gasteiger partial charge in [-0.15, -0.1) is 0 Å². The Labute approximate surface area is 140 Å². The van der Waals surface area contributed by atoms with Crippen LogP contribution >= 0.6 is 0 Å². The van der Waals surface area contributed by atoms with Crippen LogP contribution in [-0.2, 0) is 0 Å². The van der Waals surface area contributed by atoms with E-state index in [-0.39, 0.29) is 17.5 Å². The fourth-order valence-corrected chi connectivity index (χ4v) is 2.65. The summed E-state index contributed by atoms with van der Waals surface area (Å²) in [6.07, 6.45) is 1.43. The van der Waals surface area contributed by atoms with Gasteiger partial charge in [-0.1, -0.05) is 42.5 Å². The van der Waals surface area contributed by atoms with E-state index in [0.717, 1.165) is 16.8 Å². The summed E-state index contributed by atoms with van der Waals surface area (Å²) in [7, 11) is 0. The molecule has 0 aliphatic carbocycles. The zero-order valence-electron chi connectivity index (χ0n) is 13.6. The molecule has 1 aromatic heterocycles. The third-order valence-electron chi connectivity index (χ3n) is 3.93. The highest BCUT2D eigenvalue weighted by Gasteiger charge is 2.19. The van der Waals surface area contributed by atoms with Crippen LogP contribution in [0.2, 0.25) is 0 Å². The van der Waals surface area contributed by atoms with Crippen LogP contribution in [0.4, 0.5) is 0 Å². The molecule has 3 rings (SSSR count). The number of amides is 1. The van der Waals surface area contributed by atoms with Crippen molar-refractivity contribution < 1.29 is 9.90 Å². The molecule has 0 saturated heterocycles. The first-order valence-corrected chi connectivity index (χ1v) is 7.76. The van der Waals surface area contributed by atoms with Crippen molar-refractivity contribution in [2.24, 2.45) is 0 Å². The van der Waals surface area contributed by atoms with Gasteiger partial charge in [-0.3, -0.25) is 4.79 Å². The molecule has 1 amide bonds. The van der Waals surface area contributed by atoms with E-state index in [4.69, 9.17) is 0 Å². The Balaban J connectivity index is 1.81. The third kappa shape index (κ3) is 3.15. The van der Waals surface area contributed by atoms with E-state index in [2.05, 4.69) is 10.4 Å². The number of nitrogens with one attached hydrogen (secondary N) is 1. The summed E-state index contributed by atoms with van der Waals surface area (Å²) in [5.74, 6) is -0.550. The van der Waals surface area contributed by atoms with E-state index in [1.807, 2.05) is 68.4 Å². The average molecular weight is 321 g/mol. The van der Waals surface area contributed by atoms with Gasteiger partial charge in [-0.2, -0.15) is 5.10 Å². The van der Waals surface area contributed by atoms with Crippen LogP contribution < -0.4 is 5.32 Å². The predicted octanol–water partition coefficient (Wildman–Crippen LogP) is 3.38. The van der Waals surface area contributed by atoms with Gasteiger partial charge in [0.2, 0.25) is 0 Å². The Kier molecular flexibility index (Phi) is 4.33. The summed E-state index contributed by atoms with van der Waals surface area (Å²) < 4.78 is 1.49. The normalized spacial score (nSPS) is 11.9. The van der Waals surface area contributed by atoms with E-state index >= 15 is 0 Å². The minimum absolute atomic E-state index is 0.0132. The lowest BCUT2D eigenvalue weighted by molar-refractivity contribution is 0.0931. The van der Waals surface area contributed by atoms with Crippen molar-refractivity contribution in [2.45, 2.75) is 19.9 Å². The first kappa shape index (κ1) is 15.8. The minimum Gasteiger partial charge on any atom is -0.504 e. The molecule has 0 saturated carbocycles. The molecule has 0 radical (unpaired) electrons. The molecule has 0 aliphatic rings.